The van der Waals surface area contributed by atoms with Gasteiger partial charge >= 0.3 is 0 Å². The summed E-state index contributed by atoms with van der Waals surface area (Å²) >= 11 is 1.51. The number of nitrogens with zero attached hydrogens (tertiary/aromatic N) is 4. The van der Waals surface area contributed by atoms with Gasteiger partial charge in [0.15, 0.2) is 0 Å². The molecule has 3 N–H and O–H groups in total. The Morgan fingerprint density at radius 3 is 2.76 bits per heavy atom. The van der Waals surface area contributed by atoms with Crippen LogP contribution in [0.15, 0.2) is 42.2 Å². The highest BCUT2D eigenvalue weighted by atomic mass is 32.1. The third-order valence-electron chi connectivity index (χ3n) is 6.93. The van der Waals surface area contributed by atoms with Crippen LogP contribution in [-0.2, 0) is 4.79 Å². The maximum absolute atomic E-state index is 13.0. The predicted octanol–water partition coefficient (Wildman–Crippen LogP) is 4.51. The van der Waals surface area contributed by atoms with Crippen LogP contribution in [0.5, 0.6) is 0 Å². The molecule has 0 bridgehead atoms. The lowest BCUT2D eigenvalue weighted by Crippen LogP contribution is -2.35. The summed E-state index contributed by atoms with van der Waals surface area (Å²) in [6.45, 7) is 11.3. The van der Waals surface area contributed by atoms with Gasteiger partial charge in [0.25, 0.3) is 11.8 Å². The molecule has 4 heterocycles. The normalized spacial score (nSPS) is 13.8. The third-order valence-corrected chi connectivity index (χ3v) is 7.69. The van der Waals surface area contributed by atoms with Crippen LogP contribution in [0.1, 0.15) is 46.7 Å². The lowest BCUT2D eigenvalue weighted by atomic mass is 10.00. The monoisotopic (exact) mass is 529 g/mol. The second-order valence-corrected chi connectivity index (χ2v) is 10.1. The molecule has 0 spiro atoms. The van der Waals surface area contributed by atoms with Crippen LogP contribution < -0.4 is 10.6 Å². The highest BCUT2D eigenvalue weighted by Gasteiger charge is 2.26. The Morgan fingerprint density at radius 1 is 1.21 bits per heavy atom. The SMILES string of the molecule is CCN(CC)CCNC(=O)c1c(C)[nH]c(C=C2C(=O)Nc3ccc(-c4cnn(-c5nccs5)c4)cc32)c1C. The highest BCUT2D eigenvalue weighted by Crippen LogP contribution is 2.37. The summed E-state index contributed by atoms with van der Waals surface area (Å²) in [6, 6.07) is 5.87. The minimum absolute atomic E-state index is 0.108. The van der Waals surface area contributed by atoms with Crippen LogP contribution in [0.4, 0.5) is 5.69 Å². The van der Waals surface area contributed by atoms with Crippen LogP contribution in [0.25, 0.3) is 27.9 Å². The number of fused-ring (bicyclic) bond motifs is 1. The molecule has 0 saturated heterocycles. The molecule has 0 saturated carbocycles. The summed E-state index contributed by atoms with van der Waals surface area (Å²) in [5.41, 5.74) is 6.95. The van der Waals surface area contributed by atoms with Crippen LogP contribution in [0, 0.1) is 13.8 Å². The van der Waals surface area contributed by atoms with Crippen molar-refractivity contribution in [1.29, 1.82) is 0 Å². The first-order valence-corrected chi connectivity index (χ1v) is 13.6. The fourth-order valence-corrected chi connectivity index (χ4v) is 5.35. The Balaban J connectivity index is 1.41. The summed E-state index contributed by atoms with van der Waals surface area (Å²) < 4.78 is 1.74. The van der Waals surface area contributed by atoms with Gasteiger partial charge in [-0.05, 0) is 56.3 Å². The van der Waals surface area contributed by atoms with E-state index in [1.54, 1.807) is 17.1 Å². The summed E-state index contributed by atoms with van der Waals surface area (Å²) in [5, 5.41) is 13.1. The largest absolute Gasteiger partial charge is 0.358 e. The molecule has 10 heteroatoms. The molecule has 0 aliphatic carbocycles. The first kappa shape index (κ1) is 25.6. The maximum Gasteiger partial charge on any atom is 0.256 e. The number of hydrogen-bond donors (Lipinski definition) is 3. The van der Waals surface area contributed by atoms with Gasteiger partial charge in [-0.2, -0.15) is 5.10 Å². The van der Waals surface area contributed by atoms with Crippen molar-refractivity contribution in [2.45, 2.75) is 27.7 Å². The van der Waals surface area contributed by atoms with E-state index >= 15 is 0 Å². The van der Waals surface area contributed by atoms with Crippen molar-refractivity contribution in [3.05, 3.63) is 70.2 Å². The number of rotatable bonds is 9. The number of aromatic amines is 1. The van der Waals surface area contributed by atoms with E-state index in [1.165, 1.54) is 11.3 Å². The summed E-state index contributed by atoms with van der Waals surface area (Å²) in [5.74, 6) is -0.281. The number of hydrogen-bond acceptors (Lipinski definition) is 6. The molecule has 1 aliphatic heterocycles. The van der Waals surface area contributed by atoms with Crippen LogP contribution >= 0.6 is 11.3 Å². The zero-order chi connectivity index (χ0) is 26.8. The van der Waals surface area contributed by atoms with Crippen LogP contribution in [-0.4, -0.2) is 62.6 Å². The van der Waals surface area contributed by atoms with E-state index in [9.17, 15) is 9.59 Å². The van der Waals surface area contributed by atoms with Crippen molar-refractivity contribution in [3.63, 3.8) is 0 Å². The number of anilines is 1. The number of nitrogens with one attached hydrogen (secondary N) is 3. The van der Waals surface area contributed by atoms with Crippen molar-refractivity contribution >= 4 is 40.5 Å². The minimum atomic E-state index is -0.174. The van der Waals surface area contributed by atoms with Gasteiger partial charge in [-0.15, -0.1) is 11.3 Å². The van der Waals surface area contributed by atoms with E-state index in [0.717, 1.165) is 64.1 Å². The number of carbonyl (C=O) groups is 2. The average Bonchev–Trinajstić information content (AvgIpc) is 3.70. The highest BCUT2D eigenvalue weighted by molar-refractivity contribution is 7.12. The molecule has 1 aromatic carbocycles. The number of benzene rings is 1. The average molecular weight is 530 g/mol. The number of aromatic nitrogens is 4. The number of likely N-dealkylation sites (N-methyl/N-ethyl adjacent to an activating group) is 1. The molecule has 0 radical (unpaired) electrons. The fourth-order valence-electron chi connectivity index (χ4n) is 4.78. The van der Waals surface area contributed by atoms with E-state index in [1.807, 2.05) is 49.7 Å². The molecular weight excluding hydrogens is 498 g/mol. The molecule has 0 unspecified atom stereocenters. The van der Waals surface area contributed by atoms with E-state index in [4.69, 9.17) is 0 Å². The van der Waals surface area contributed by atoms with Gasteiger partial charge in [0.1, 0.15) is 0 Å². The van der Waals surface area contributed by atoms with E-state index in [2.05, 4.69) is 44.4 Å². The van der Waals surface area contributed by atoms with Crippen molar-refractivity contribution in [3.8, 4) is 16.3 Å². The molecule has 0 fully saturated rings. The van der Waals surface area contributed by atoms with Gasteiger partial charge in [0.05, 0.1) is 17.3 Å². The number of amides is 2. The Labute approximate surface area is 225 Å². The quantitative estimate of drug-likeness (QED) is 0.277. The number of H-pyrrole nitrogens is 1. The molecule has 3 aromatic heterocycles. The predicted molar refractivity (Wildman–Crippen MR) is 152 cm³/mol. The van der Waals surface area contributed by atoms with E-state index in [-0.39, 0.29) is 11.8 Å². The summed E-state index contributed by atoms with van der Waals surface area (Å²) in [4.78, 5) is 35.8. The Bertz CT molecular complexity index is 1510. The maximum atomic E-state index is 13.0. The molecule has 1 aliphatic rings. The Kier molecular flexibility index (Phi) is 7.26. The minimum Gasteiger partial charge on any atom is -0.358 e. The summed E-state index contributed by atoms with van der Waals surface area (Å²) in [7, 11) is 0. The Morgan fingerprint density at radius 2 is 2.03 bits per heavy atom. The van der Waals surface area contributed by atoms with Crippen molar-refractivity contribution in [1.82, 2.24) is 30.0 Å². The lowest BCUT2D eigenvalue weighted by molar-refractivity contribution is -0.110. The standard InChI is InChI=1S/C28H31N7O2S/c1-5-34(6-2)11-9-29-27(37)25-17(3)24(32-18(25)4)14-22-21-13-19(7-8-23(21)33-26(22)36)20-15-31-35(16-20)28-30-10-12-38-28/h7-8,10,12-16,32H,5-6,9,11H2,1-4H3,(H,29,37)(H,33,36). The number of thiazole rings is 1. The Hall–Kier alpha value is -4.02. The molecule has 4 aromatic rings. The van der Waals surface area contributed by atoms with Gasteiger partial charge in [0, 0.05) is 59.1 Å². The van der Waals surface area contributed by atoms with Crippen LogP contribution in [0.2, 0.25) is 0 Å². The van der Waals surface area contributed by atoms with Crippen molar-refractivity contribution in [2.75, 3.05) is 31.5 Å². The van der Waals surface area contributed by atoms with Crippen molar-refractivity contribution < 1.29 is 9.59 Å². The second kappa shape index (κ2) is 10.8. The van der Waals surface area contributed by atoms with Gasteiger partial charge < -0.3 is 20.5 Å². The van der Waals surface area contributed by atoms with Gasteiger partial charge in [-0.1, -0.05) is 19.9 Å². The fraction of sp³-hybridized carbons (Fsp3) is 0.286. The third kappa shape index (κ3) is 4.92. The molecule has 196 valence electrons. The summed E-state index contributed by atoms with van der Waals surface area (Å²) in [6.07, 6.45) is 7.30. The van der Waals surface area contributed by atoms with Crippen LogP contribution in [0.3, 0.4) is 0 Å². The lowest BCUT2D eigenvalue weighted by Gasteiger charge is -2.18. The zero-order valence-electron chi connectivity index (χ0n) is 22.0. The molecular formula is C28H31N7O2S. The first-order chi connectivity index (χ1) is 18.4. The van der Waals surface area contributed by atoms with Gasteiger partial charge in [-0.3, -0.25) is 9.59 Å². The second-order valence-electron chi connectivity index (χ2n) is 9.21. The molecule has 0 atom stereocenters. The topological polar surface area (TPSA) is 108 Å². The molecule has 38 heavy (non-hydrogen) atoms. The van der Waals surface area contributed by atoms with Crippen molar-refractivity contribution in [2.24, 2.45) is 0 Å². The molecule has 2 amide bonds. The smallest absolute Gasteiger partial charge is 0.256 e. The van der Waals surface area contributed by atoms with E-state index < -0.39 is 0 Å². The molecule has 5 rings (SSSR count). The van der Waals surface area contributed by atoms with Gasteiger partial charge in [-0.25, -0.2) is 9.67 Å². The molecule has 9 nitrogen and oxygen atoms in total. The van der Waals surface area contributed by atoms with E-state index in [0.29, 0.717) is 17.7 Å². The number of carbonyl (C=O) groups excluding carboxylic acids is 2. The zero-order valence-corrected chi connectivity index (χ0v) is 22.8. The number of aryl methyl sites for hydroxylation is 1. The van der Waals surface area contributed by atoms with Gasteiger partial charge in [0.2, 0.25) is 5.13 Å². The first-order valence-electron chi connectivity index (χ1n) is 12.7.